The zero-order valence-electron chi connectivity index (χ0n) is 20.3. The molecular weight excluding hydrogens is 414 g/mol. The number of ether oxygens (including phenoxy) is 1. The zero-order chi connectivity index (χ0) is 23.8. The number of benzene rings is 2. The van der Waals surface area contributed by atoms with Crippen molar-refractivity contribution in [3.05, 3.63) is 65.7 Å². The number of carbonyl (C=O) groups excluding carboxylic acids is 2. The number of carbonyl (C=O) groups is 2. The SMILES string of the molecule is CN(C)CC(C)(C)CNC(=O)C1CCN(C(=O)c2cccc(OCc3ccccc3)c2)CC1. The fraction of sp³-hybridized carbons (Fsp3) is 0.481. The molecule has 178 valence electrons. The third-order valence-corrected chi connectivity index (χ3v) is 5.97. The van der Waals surface area contributed by atoms with Gasteiger partial charge in [0.05, 0.1) is 0 Å². The van der Waals surface area contributed by atoms with E-state index in [9.17, 15) is 9.59 Å². The molecule has 6 heteroatoms. The monoisotopic (exact) mass is 451 g/mol. The number of nitrogens with zero attached hydrogens (tertiary/aromatic N) is 2. The van der Waals surface area contributed by atoms with Crippen LogP contribution in [0, 0.1) is 11.3 Å². The lowest BCUT2D eigenvalue weighted by Crippen LogP contribution is -2.46. The Balaban J connectivity index is 1.48. The van der Waals surface area contributed by atoms with Gasteiger partial charge in [-0.05, 0) is 56.1 Å². The molecule has 6 nitrogen and oxygen atoms in total. The molecule has 0 spiro atoms. The van der Waals surface area contributed by atoms with Gasteiger partial charge in [0.1, 0.15) is 12.4 Å². The molecule has 0 saturated carbocycles. The Morgan fingerprint density at radius 1 is 1.06 bits per heavy atom. The summed E-state index contributed by atoms with van der Waals surface area (Å²) in [5.41, 5.74) is 1.72. The molecule has 1 saturated heterocycles. The molecule has 0 bridgehead atoms. The maximum atomic E-state index is 13.0. The van der Waals surface area contributed by atoms with Crippen molar-refractivity contribution in [2.75, 3.05) is 40.3 Å². The Bertz CT molecular complexity index is 919. The summed E-state index contributed by atoms with van der Waals surface area (Å²) in [7, 11) is 4.09. The highest BCUT2D eigenvalue weighted by molar-refractivity contribution is 5.94. The summed E-state index contributed by atoms with van der Waals surface area (Å²) in [5, 5.41) is 3.12. The third kappa shape index (κ3) is 7.60. The smallest absolute Gasteiger partial charge is 0.253 e. The zero-order valence-corrected chi connectivity index (χ0v) is 20.3. The normalized spacial score (nSPS) is 14.9. The van der Waals surface area contributed by atoms with Gasteiger partial charge in [0.25, 0.3) is 5.91 Å². The molecule has 0 aliphatic carbocycles. The largest absolute Gasteiger partial charge is 0.489 e. The topological polar surface area (TPSA) is 61.9 Å². The first-order valence-corrected chi connectivity index (χ1v) is 11.7. The number of hydrogen-bond donors (Lipinski definition) is 1. The van der Waals surface area contributed by atoms with Gasteiger partial charge < -0.3 is 19.9 Å². The molecule has 1 aliphatic rings. The first kappa shape index (κ1) is 24.8. The quantitative estimate of drug-likeness (QED) is 0.630. The van der Waals surface area contributed by atoms with Crippen LogP contribution in [-0.4, -0.2) is 61.9 Å². The van der Waals surface area contributed by atoms with Gasteiger partial charge in [-0.15, -0.1) is 0 Å². The molecular formula is C27H37N3O3. The molecule has 0 unspecified atom stereocenters. The fourth-order valence-electron chi connectivity index (χ4n) is 4.37. The molecule has 0 atom stereocenters. The Morgan fingerprint density at radius 3 is 2.42 bits per heavy atom. The summed E-state index contributed by atoms with van der Waals surface area (Å²) in [6.45, 7) is 7.52. The van der Waals surface area contributed by atoms with Crippen LogP contribution in [0.25, 0.3) is 0 Å². The third-order valence-electron chi connectivity index (χ3n) is 5.97. The highest BCUT2D eigenvalue weighted by Gasteiger charge is 2.29. The molecule has 2 aromatic rings. The maximum absolute atomic E-state index is 13.0. The van der Waals surface area contributed by atoms with Crippen molar-refractivity contribution >= 4 is 11.8 Å². The number of nitrogens with one attached hydrogen (secondary N) is 1. The van der Waals surface area contributed by atoms with Crippen LogP contribution in [0.2, 0.25) is 0 Å². The van der Waals surface area contributed by atoms with Gasteiger partial charge in [-0.2, -0.15) is 0 Å². The molecule has 1 aliphatic heterocycles. The molecule has 1 N–H and O–H groups in total. The first-order chi connectivity index (χ1) is 15.7. The van der Waals surface area contributed by atoms with E-state index in [1.54, 1.807) is 6.07 Å². The number of hydrogen-bond acceptors (Lipinski definition) is 4. The Morgan fingerprint density at radius 2 is 1.76 bits per heavy atom. The van der Waals surface area contributed by atoms with E-state index >= 15 is 0 Å². The minimum Gasteiger partial charge on any atom is -0.489 e. The van der Waals surface area contributed by atoms with Crippen molar-refractivity contribution in [2.24, 2.45) is 11.3 Å². The predicted molar refractivity (Wildman–Crippen MR) is 131 cm³/mol. The van der Waals surface area contributed by atoms with Crippen molar-refractivity contribution in [1.82, 2.24) is 15.1 Å². The summed E-state index contributed by atoms with van der Waals surface area (Å²) in [6, 6.07) is 17.3. The summed E-state index contributed by atoms with van der Waals surface area (Å²) >= 11 is 0. The van der Waals surface area contributed by atoms with Crippen LogP contribution in [0.15, 0.2) is 54.6 Å². The molecule has 1 fully saturated rings. The lowest BCUT2D eigenvalue weighted by molar-refractivity contribution is -0.126. The summed E-state index contributed by atoms with van der Waals surface area (Å²) in [5.74, 6) is 0.737. The van der Waals surface area contributed by atoms with Crippen molar-refractivity contribution in [3.63, 3.8) is 0 Å². The van der Waals surface area contributed by atoms with Gasteiger partial charge in [-0.1, -0.05) is 50.2 Å². The van der Waals surface area contributed by atoms with Crippen LogP contribution in [0.4, 0.5) is 0 Å². The lowest BCUT2D eigenvalue weighted by atomic mass is 9.91. The van der Waals surface area contributed by atoms with Crippen LogP contribution in [0.3, 0.4) is 0 Å². The summed E-state index contributed by atoms with van der Waals surface area (Å²) in [6.07, 6.45) is 1.38. The Hall–Kier alpha value is -2.86. The Labute approximate surface area is 197 Å². The lowest BCUT2D eigenvalue weighted by Gasteiger charge is -2.33. The minimum absolute atomic E-state index is 0.00821. The van der Waals surface area contributed by atoms with Crippen LogP contribution >= 0.6 is 0 Å². The van der Waals surface area contributed by atoms with E-state index in [0.717, 1.165) is 12.1 Å². The van der Waals surface area contributed by atoms with Crippen molar-refractivity contribution in [2.45, 2.75) is 33.3 Å². The average Bonchev–Trinajstić information content (AvgIpc) is 2.81. The molecule has 0 aromatic heterocycles. The van der Waals surface area contributed by atoms with Gasteiger partial charge >= 0.3 is 0 Å². The summed E-state index contributed by atoms with van der Waals surface area (Å²) < 4.78 is 5.87. The van der Waals surface area contributed by atoms with Crippen molar-refractivity contribution in [1.29, 1.82) is 0 Å². The number of amides is 2. The fourth-order valence-corrected chi connectivity index (χ4v) is 4.37. The van der Waals surface area contributed by atoms with Crippen molar-refractivity contribution < 1.29 is 14.3 Å². The molecule has 1 heterocycles. The minimum atomic E-state index is -0.0373. The number of likely N-dealkylation sites (tertiary alicyclic amines) is 1. The average molecular weight is 452 g/mol. The summed E-state index contributed by atoms with van der Waals surface area (Å²) in [4.78, 5) is 29.7. The molecule has 2 amide bonds. The van der Waals surface area contributed by atoms with E-state index in [-0.39, 0.29) is 23.1 Å². The van der Waals surface area contributed by atoms with Crippen molar-refractivity contribution in [3.8, 4) is 5.75 Å². The van der Waals surface area contributed by atoms with E-state index < -0.39 is 0 Å². The van der Waals surface area contributed by atoms with Crippen LogP contribution in [-0.2, 0) is 11.4 Å². The second-order valence-electron chi connectivity index (χ2n) is 9.99. The second kappa shape index (κ2) is 11.3. The van der Waals surface area contributed by atoms with Gasteiger partial charge in [0.2, 0.25) is 5.91 Å². The Kier molecular flexibility index (Phi) is 8.50. The molecule has 0 radical (unpaired) electrons. The highest BCUT2D eigenvalue weighted by Crippen LogP contribution is 2.22. The van der Waals surface area contributed by atoms with E-state index in [1.165, 1.54) is 0 Å². The van der Waals surface area contributed by atoms with E-state index in [0.29, 0.717) is 50.4 Å². The van der Waals surface area contributed by atoms with Crippen LogP contribution < -0.4 is 10.1 Å². The van der Waals surface area contributed by atoms with Gasteiger partial charge in [0.15, 0.2) is 0 Å². The van der Waals surface area contributed by atoms with Crippen LogP contribution in [0.5, 0.6) is 5.75 Å². The van der Waals surface area contributed by atoms with Gasteiger partial charge in [0, 0.05) is 37.7 Å². The number of rotatable bonds is 9. The second-order valence-corrected chi connectivity index (χ2v) is 9.99. The standard InChI is InChI=1S/C27H37N3O3/c1-27(2,20-29(3)4)19-28-25(31)22-13-15-30(16-14-22)26(32)23-11-8-12-24(17-23)33-18-21-9-6-5-7-10-21/h5-12,17,22H,13-16,18-20H2,1-4H3,(H,28,31). The van der Waals surface area contributed by atoms with Crippen LogP contribution in [0.1, 0.15) is 42.6 Å². The van der Waals surface area contributed by atoms with E-state index in [2.05, 4.69) is 24.1 Å². The first-order valence-electron chi connectivity index (χ1n) is 11.7. The molecule has 33 heavy (non-hydrogen) atoms. The van der Waals surface area contributed by atoms with Gasteiger partial charge in [-0.3, -0.25) is 9.59 Å². The molecule has 3 rings (SSSR count). The van der Waals surface area contributed by atoms with Gasteiger partial charge in [-0.25, -0.2) is 0 Å². The number of piperidine rings is 1. The predicted octanol–water partition coefficient (Wildman–Crippen LogP) is 3.82. The van der Waals surface area contributed by atoms with E-state index in [1.807, 2.05) is 67.5 Å². The maximum Gasteiger partial charge on any atom is 0.253 e. The van der Waals surface area contributed by atoms with E-state index in [4.69, 9.17) is 4.74 Å². The highest BCUT2D eigenvalue weighted by atomic mass is 16.5. The molecule has 2 aromatic carbocycles.